The maximum Gasteiger partial charge on any atom is 0.323 e. The third-order valence-corrected chi connectivity index (χ3v) is 2.84. The van der Waals surface area contributed by atoms with Gasteiger partial charge in [-0.2, -0.15) is 0 Å². The van der Waals surface area contributed by atoms with E-state index in [-0.39, 0.29) is 18.5 Å². The number of aliphatic carboxylic acids is 1. The van der Waals surface area contributed by atoms with E-state index < -0.39 is 12.0 Å². The fourth-order valence-corrected chi connectivity index (χ4v) is 2.04. The molecular weight excluding hydrogens is 208 g/mol. The molecule has 0 aromatic rings. The topological polar surface area (TPSA) is 83.6 Å². The summed E-state index contributed by atoms with van der Waals surface area (Å²) in [5.74, 6) is -1.26. The van der Waals surface area contributed by atoms with Crippen molar-refractivity contribution in [1.82, 2.24) is 4.90 Å². The van der Waals surface area contributed by atoms with Crippen LogP contribution in [0.5, 0.6) is 0 Å². The number of rotatable bonds is 4. The average Bonchev–Trinajstić information content (AvgIpc) is 2.33. The minimum absolute atomic E-state index is 0.0744. The zero-order valence-electron chi connectivity index (χ0n) is 9.26. The van der Waals surface area contributed by atoms with Crippen LogP contribution in [0, 0.1) is 0 Å². The van der Waals surface area contributed by atoms with E-state index in [4.69, 9.17) is 10.8 Å². The number of hydrogen-bond acceptors (Lipinski definition) is 3. The van der Waals surface area contributed by atoms with Crippen molar-refractivity contribution >= 4 is 11.9 Å². The number of nitrogens with zero attached hydrogens (tertiary/aromatic N) is 1. The molecule has 1 saturated heterocycles. The van der Waals surface area contributed by atoms with Gasteiger partial charge in [-0.15, -0.1) is 6.58 Å². The molecule has 3 N–H and O–H groups in total. The standard InChI is InChI=1S/C11H18N2O3/c1-2-4-8-5-3-6-9(12)11(16)13(8)7-10(14)15/h2,8-9H,1,3-7,12H2,(H,14,15)/t8?,9-/m0/s1. The molecule has 0 saturated carbocycles. The zero-order chi connectivity index (χ0) is 12.1. The summed E-state index contributed by atoms with van der Waals surface area (Å²) in [5, 5.41) is 8.79. The van der Waals surface area contributed by atoms with E-state index in [1.54, 1.807) is 6.08 Å². The molecule has 2 atom stereocenters. The summed E-state index contributed by atoms with van der Waals surface area (Å²) in [6, 6.07) is -0.635. The molecule has 1 rings (SSSR count). The molecule has 0 radical (unpaired) electrons. The largest absolute Gasteiger partial charge is 0.480 e. The van der Waals surface area contributed by atoms with Gasteiger partial charge in [-0.25, -0.2) is 0 Å². The van der Waals surface area contributed by atoms with Gasteiger partial charge in [-0.3, -0.25) is 9.59 Å². The van der Waals surface area contributed by atoms with Gasteiger partial charge in [0.25, 0.3) is 0 Å². The lowest BCUT2D eigenvalue weighted by Crippen LogP contribution is -2.48. The molecular formula is C11H18N2O3. The Morgan fingerprint density at radius 1 is 1.62 bits per heavy atom. The van der Waals surface area contributed by atoms with Crippen LogP contribution in [0.3, 0.4) is 0 Å². The second-order valence-electron chi connectivity index (χ2n) is 4.08. The smallest absolute Gasteiger partial charge is 0.323 e. The maximum absolute atomic E-state index is 11.9. The van der Waals surface area contributed by atoms with Crippen molar-refractivity contribution in [2.24, 2.45) is 5.73 Å². The minimum atomic E-state index is -1.00. The molecule has 16 heavy (non-hydrogen) atoms. The first-order chi connectivity index (χ1) is 7.56. The Bertz CT molecular complexity index is 291. The molecule has 1 heterocycles. The third kappa shape index (κ3) is 3.06. The van der Waals surface area contributed by atoms with Crippen molar-refractivity contribution in [3.63, 3.8) is 0 Å². The molecule has 90 valence electrons. The normalized spacial score (nSPS) is 26.3. The molecule has 1 aliphatic heterocycles. The Kier molecular flexibility index (Phi) is 4.49. The first-order valence-electron chi connectivity index (χ1n) is 5.45. The lowest BCUT2D eigenvalue weighted by atomic mass is 10.1. The summed E-state index contributed by atoms with van der Waals surface area (Å²) < 4.78 is 0. The molecule has 1 unspecified atom stereocenters. The van der Waals surface area contributed by atoms with E-state index in [9.17, 15) is 9.59 Å². The molecule has 0 aliphatic carbocycles. The lowest BCUT2D eigenvalue weighted by molar-refractivity contribution is -0.146. The third-order valence-electron chi connectivity index (χ3n) is 2.84. The van der Waals surface area contributed by atoms with Gasteiger partial charge in [0.2, 0.25) is 5.91 Å². The van der Waals surface area contributed by atoms with Gasteiger partial charge >= 0.3 is 5.97 Å². The Morgan fingerprint density at radius 3 is 2.88 bits per heavy atom. The Hall–Kier alpha value is -1.36. The number of carboxylic acid groups (broad SMARTS) is 1. The highest BCUT2D eigenvalue weighted by molar-refractivity contribution is 5.85. The van der Waals surface area contributed by atoms with Gasteiger partial charge in [-0.1, -0.05) is 6.08 Å². The fourth-order valence-electron chi connectivity index (χ4n) is 2.04. The SMILES string of the molecule is C=CCC1CCC[C@H](N)C(=O)N1CC(=O)O. The van der Waals surface area contributed by atoms with Crippen molar-refractivity contribution in [2.45, 2.75) is 37.8 Å². The summed E-state index contributed by atoms with van der Waals surface area (Å²) in [4.78, 5) is 24.0. The molecule has 0 bridgehead atoms. The van der Waals surface area contributed by atoms with Gasteiger partial charge < -0.3 is 15.7 Å². The lowest BCUT2D eigenvalue weighted by Gasteiger charge is -2.28. The molecule has 5 nitrogen and oxygen atoms in total. The van der Waals surface area contributed by atoms with Crippen molar-refractivity contribution in [3.8, 4) is 0 Å². The molecule has 0 aromatic heterocycles. The van der Waals surface area contributed by atoms with Gasteiger partial charge in [0.1, 0.15) is 6.54 Å². The highest BCUT2D eigenvalue weighted by Crippen LogP contribution is 2.19. The Labute approximate surface area is 94.9 Å². The predicted octanol–water partition coefficient (Wildman–Crippen LogP) is 0.355. The number of nitrogens with two attached hydrogens (primary N) is 1. The first-order valence-corrected chi connectivity index (χ1v) is 5.45. The summed E-state index contributed by atoms with van der Waals surface area (Å²) >= 11 is 0. The highest BCUT2D eigenvalue weighted by atomic mass is 16.4. The monoisotopic (exact) mass is 226 g/mol. The number of carbonyl (C=O) groups is 2. The van der Waals surface area contributed by atoms with Crippen molar-refractivity contribution in [2.75, 3.05) is 6.54 Å². The molecule has 0 aromatic carbocycles. The zero-order valence-corrected chi connectivity index (χ0v) is 9.26. The average molecular weight is 226 g/mol. The first kappa shape index (κ1) is 12.7. The molecule has 0 spiro atoms. The summed E-state index contributed by atoms with van der Waals surface area (Å²) in [7, 11) is 0. The van der Waals surface area contributed by atoms with E-state index in [1.807, 2.05) is 0 Å². The second kappa shape index (κ2) is 5.65. The van der Waals surface area contributed by atoms with Crippen LogP contribution in [-0.2, 0) is 9.59 Å². The van der Waals surface area contributed by atoms with E-state index in [2.05, 4.69) is 6.58 Å². The molecule has 1 aliphatic rings. The number of carboxylic acids is 1. The summed E-state index contributed by atoms with van der Waals surface area (Å²) in [6.45, 7) is 3.35. The van der Waals surface area contributed by atoms with Gasteiger partial charge in [0, 0.05) is 6.04 Å². The van der Waals surface area contributed by atoms with Gasteiger partial charge in [-0.05, 0) is 25.7 Å². The predicted molar refractivity (Wildman–Crippen MR) is 59.8 cm³/mol. The number of amides is 1. The Balaban J connectivity index is 2.82. The second-order valence-corrected chi connectivity index (χ2v) is 4.08. The van der Waals surface area contributed by atoms with Crippen LogP contribution in [0.4, 0.5) is 0 Å². The van der Waals surface area contributed by atoms with Gasteiger partial charge in [0.05, 0.1) is 6.04 Å². The van der Waals surface area contributed by atoms with E-state index in [0.29, 0.717) is 12.8 Å². The number of likely N-dealkylation sites (tertiary alicyclic amines) is 1. The number of hydrogen-bond donors (Lipinski definition) is 2. The summed E-state index contributed by atoms with van der Waals surface area (Å²) in [6.07, 6.45) is 4.60. The highest BCUT2D eigenvalue weighted by Gasteiger charge is 2.31. The number of carbonyl (C=O) groups excluding carboxylic acids is 1. The summed E-state index contributed by atoms with van der Waals surface area (Å²) in [5.41, 5.74) is 5.69. The molecule has 5 heteroatoms. The maximum atomic E-state index is 11.9. The molecule has 1 amide bonds. The molecule has 1 fully saturated rings. The van der Waals surface area contributed by atoms with Crippen LogP contribution in [0.1, 0.15) is 25.7 Å². The van der Waals surface area contributed by atoms with Gasteiger partial charge in [0.15, 0.2) is 0 Å². The van der Waals surface area contributed by atoms with Crippen molar-refractivity contribution in [1.29, 1.82) is 0 Å². The van der Waals surface area contributed by atoms with Crippen LogP contribution >= 0.6 is 0 Å². The van der Waals surface area contributed by atoms with E-state index in [0.717, 1.165) is 12.8 Å². The van der Waals surface area contributed by atoms with Crippen molar-refractivity contribution < 1.29 is 14.7 Å². The Morgan fingerprint density at radius 2 is 2.31 bits per heavy atom. The van der Waals surface area contributed by atoms with E-state index in [1.165, 1.54) is 4.90 Å². The van der Waals surface area contributed by atoms with Crippen LogP contribution in [0.2, 0.25) is 0 Å². The van der Waals surface area contributed by atoms with Crippen LogP contribution < -0.4 is 5.73 Å². The fraction of sp³-hybridized carbons (Fsp3) is 0.636. The van der Waals surface area contributed by atoms with Crippen LogP contribution in [0.15, 0.2) is 12.7 Å². The van der Waals surface area contributed by atoms with Crippen LogP contribution in [-0.4, -0.2) is 40.5 Å². The minimum Gasteiger partial charge on any atom is -0.480 e. The van der Waals surface area contributed by atoms with Crippen molar-refractivity contribution in [3.05, 3.63) is 12.7 Å². The van der Waals surface area contributed by atoms with E-state index >= 15 is 0 Å². The van der Waals surface area contributed by atoms with Crippen LogP contribution in [0.25, 0.3) is 0 Å². The quantitative estimate of drug-likeness (QED) is 0.678.